The number of hydrogen-bond acceptors (Lipinski definition) is 3. The van der Waals surface area contributed by atoms with Gasteiger partial charge in [0.2, 0.25) is 0 Å². The number of carbonyl (C=O) groups is 1. The SMILES string of the molecule is CC(O)CC1CCCN1C(=O)c1ccncc1. The average Bonchev–Trinajstić information content (AvgIpc) is 2.76. The molecule has 1 amide bonds. The van der Waals surface area contributed by atoms with Gasteiger partial charge in [0.25, 0.3) is 5.91 Å². The Morgan fingerprint density at radius 1 is 1.59 bits per heavy atom. The number of pyridine rings is 1. The Hall–Kier alpha value is -1.42. The maximum atomic E-state index is 12.3. The topological polar surface area (TPSA) is 53.4 Å². The van der Waals surface area contributed by atoms with Crippen LogP contribution >= 0.6 is 0 Å². The molecule has 2 heterocycles. The molecule has 1 N–H and O–H groups in total. The number of rotatable bonds is 3. The first-order chi connectivity index (χ1) is 8.18. The Labute approximate surface area is 101 Å². The Morgan fingerprint density at radius 2 is 2.29 bits per heavy atom. The maximum Gasteiger partial charge on any atom is 0.254 e. The molecule has 17 heavy (non-hydrogen) atoms. The summed E-state index contributed by atoms with van der Waals surface area (Å²) in [5.74, 6) is 0.0514. The van der Waals surface area contributed by atoms with Gasteiger partial charge in [-0.2, -0.15) is 0 Å². The Bertz CT molecular complexity index is 378. The third kappa shape index (κ3) is 2.82. The standard InChI is InChI=1S/C13H18N2O2/c1-10(16)9-12-3-2-8-15(12)13(17)11-4-6-14-7-5-11/h4-7,10,12,16H,2-3,8-9H2,1H3. The van der Waals surface area contributed by atoms with E-state index in [0.717, 1.165) is 19.4 Å². The normalized spacial score (nSPS) is 21.5. The highest BCUT2D eigenvalue weighted by Crippen LogP contribution is 2.23. The van der Waals surface area contributed by atoms with Gasteiger partial charge in [0.15, 0.2) is 0 Å². The van der Waals surface area contributed by atoms with Crippen LogP contribution in [0.3, 0.4) is 0 Å². The molecule has 1 aliphatic rings. The monoisotopic (exact) mass is 234 g/mol. The van der Waals surface area contributed by atoms with Crippen LogP contribution in [0, 0.1) is 0 Å². The second-order valence-corrected chi connectivity index (χ2v) is 4.62. The van der Waals surface area contributed by atoms with Gasteiger partial charge in [-0.05, 0) is 38.3 Å². The molecule has 1 saturated heterocycles. The first-order valence-corrected chi connectivity index (χ1v) is 6.07. The van der Waals surface area contributed by atoms with Crippen molar-refractivity contribution in [2.24, 2.45) is 0 Å². The predicted molar refractivity (Wildman–Crippen MR) is 64.6 cm³/mol. The summed E-state index contributed by atoms with van der Waals surface area (Å²) in [6.45, 7) is 2.56. The fraction of sp³-hybridized carbons (Fsp3) is 0.538. The number of aliphatic hydroxyl groups is 1. The predicted octanol–water partition coefficient (Wildman–Crippen LogP) is 1.46. The molecule has 1 aliphatic heterocycles. The second-order valence-electron chi connectivity index (χ2n) is 4.62. The van der Waals surface area contributed by atoms with Gasteiger partial charge in [0.05, 0.1) is 6.10 Å². The van der Waals surface area contributed by atoms with Crippen LogP contribution < -0.4 is 0 Å². The summed E-state index contributed by atoms with van der Waals surface area (Å²) in [7, 11) is 0. The lowest BCUT2D eigenvalue weighted by atomic mass is 10.1. The van der Waals surface area contributed by atoms with Crippen molar-refractivity contribution in [2.75, 3.05) is 6.54 Å². The fourth-order valence-electron chi connectivity index (χ4n) is 2.40. The lowest BCUT2D eigenvalue weighted by molar-refractivity contribution is 0.0682. The van der Waals surface area contributed by atoms with Gasteiger partial charge in [-0.3, -0.25) is 9.78 Å². The van der Waals surface area contributed by atoms with Gasteiger partial charge in [0, 0.05) is 30.5 Å². The summed E-state index contributed by atoms with van der Waals surface area (Å²) >= 11 is 0. The molecule has 0 bridgehead atoms. The van der Waals surface area contributed by atoms with E-state index in [2.05, 4.69) is 4.98 Å². The molecule has 2 unspecified atom stereocenters. The minimum atomic E-state index is -0.356. The zero-order valence-corrected chi connectivity index (χ0v) is 10.0. The largest absolute Gasteiger partial charge is 0.393 e. The van der Waals surface area contributed by atoms with Gasteiger partial charge in [-0.1, -0.05) is 0 Å². The summed E-state index contributed by atoms with van der Waals surface area (Å²) in [5.41, 5.74) is 0.678. The minimum absolute atomic E-state index is 0.0514. The summed E-state index contributed by atoms with van der Waals surface area (Å²) in [4.78, 5) is 18.0. The zero-order chi connectivity index (χ0) is 12.3. The Kier molecular flexibility index (Phi) is 3.74. The summed E-state index contributed by atoms with van der Waals surface area (Å²) in [6.07, 6.45) is 5.58. The molecular weight excluding hydrogens is 216 g/mol. The molecule has 1 aromatic heterocycles. The van der Waals surface area contributed by atoms with E-state index in [0.29, 0.717) is 12.0 Å². The molecule has 0 radical (unpaired) electrons. The van der Waals surface area contributed by atoms with Crippen molar-refractivity contribution in [3.63, 3.8) is 0 Å². The highest BCUT2D eigenvalue weighted by Gasteiger charge is 2.29. The van der Waals surface area contributed by atoms with Gasteiger partial charge < -0.3 is 10.0 Å². The third-order valence-corrected chi connectivity index (χ3v) is 3.18. The van der Waals surface area contributed by atoms with Gasteiger partial charge >= 0.3 is 0 Å². The van der Waals surface area contributed by atoms with Crippen LogP contribution in [0.1, 0.15) is 36.5 Å². The van der Waals surface area contributed by atoms with E-state index in [4.69, 9.17) is 0 Å². The molecule has 4 nitrogen and oxygen atoms in total. The third-order valence-electron chi connectivity index (χ3n) is 3.18. The summed E-state index contributed by atoms with van der Waals surface area (Å²) in [5, 5.41) is 9.43. The van der Waals surface area contributed by atoms with E-state index >= 15 is 0 Å². The van der Waals surface area contributed by atoms with E-state index in [1.54, 1.807) is 31.5 Å². The molecule has 0 aromatic carbocycles. The summed E-state index contributed by atoms with van der Waals surface area (Å²) in [6, 6.07) is 3.65. The molecule has 0 saturated carbocycles. The van der Waals surface area contributed by atoms with Crippen LogP contribution in [-0.2, 0) is 0 Å². The van der Waals surface area contributed by atoms with Crippen LogP contribution in [0.15, 0.2) is 24.5 Å². The fourth-order valence-corrected chi connectivity index (χ4v) is 2.40. The quantitative estimate of drug-likeness (QED) is 0.861. The number of aliphatic hydroxyl groups excluding tert-OH is 1. The molecule has 92 valence electrons. The van der Waals surface area contributed by atoms with Crippen molar-refractivity contribution in [1.82, 2.24) is 9.88 Å². The Balaban J connectivity index is 2.08. The maximum absolute atomic E-state index is 12.3. The van der Waals surface area contributed by atoms with Crippen LogP contribution in [0.25, 0.3) is 0 Å². The number of carbonyl (C=O) groups excluding carboxylic acids is 1. The molecular formula is C13H18N2O2. The lowest BCUT2D eigenvalue weighted by Gasteiger charge is -2.25. The first-order valence-electron chi connectivity index (χ1n) is 6.07. The van der Waals surface area contributed by atoms with E-state index in [1.165, 1.54) is 0 Å². The Morgan fingerprint density at radius 3 is 2.94 bits per heavy atom. The zero-order valence-electron chi connectivity index (χ0n) is 10.0. The van der Waals surface area contributed by atoms with Gasteiger partial charge in [-0.25, -0.2) is 0 Å². The van der Waals surface area contributed by atoms with E-state index in [9.17, 15) is 9.90 Å². The highest BCUT2D eigenvalue weighted by molar-refractivity contribution is 5.94. The molecule has 0 spiro atoms. The van der Waals surface area contributed by atoms with E-state index in [1.807, 2.05) is 4.90 Å². The van der Waals surface area contributed by atoms with E-state index in [-0.39, 0.29) is 18.1 Å². The molecule has 0 aliphatic carbocycles. The number of likely N-dealkylation sites (tertiary alicyclic amines) is 1. The second kappa shape index (κ2) is 5.27. The smallest absolute Gasteiger partial charge is 0.254 e. The number of aromatic nitrogens is 1. The first kappa shape index (κ1) is 12.0. The van der Waals surface area contributed by atoms with Crippen molar-refractivity contribution in [1.29, 1.82) is 0 Å². The molecule has 2 rings (SSSR count). The van der Waals surface area contributed by atoms with Crippen molar-refractivity contribution < 1.29 is 9.90 Å². The van der Waals surface area contributed by atoms with Crippen molar-refractivity contribution in [3.05, 3.63) is 30.1 Å². The van der Waals surface area contributed by atoms with Crippen molar-refractivity contribution >= 4 is 5.91 Å². The van der Waals surface area contributed by atoms with Crippen LogP contribution in [0.2, 0.25) is 0 Å². The highest BCUT2D eigenvalue weighted by atomic mass is 16.3. The van der Waals surface area contributed by atoms with Crippen LogP contribution in [0.4, 0.5) is 0 Å². The number of hydrogen-bond donors (Lipinski definition) is 1. The molecule has 1 fully saturated rings. The molecule has 4 heteroatoms. The molecule has 2 atom stereocenters. The number of nitrogens with zero attached hydrogens (tertiary/aromatic N) is 2. The minimum Gasteiger partial charge on any atom is -0.393 e. The van der Waals surface area contributed by atoms with Crippen LogP contribution in [-0.4, -0.2) is 39.6 Å². The van der Waals surface area contributed by atoms with Gasteiger partial charge in [0.1, 0.15) is 0 Å². The van der Waals surface area contributed by atoms with Crippen LogP contribution in [0.5, 0.6) is 0 Å². The lowest BCUT2D eigenvalue weighted by Crippen LogP contribution is -2.37. The van der Waals surface area contributed by atoms with E-state index < -0.39 is 0 Å². The number of amides is 1. The van der Waals surface area contributed by atoms with Gasteiger partial charge in [-0.15, -0.1) is 0 Å². The van der Waals surface area contributed by atoms with Crippen molar-refractivity contribution in [3.8, 4) is 0 Å². The van der Waals surface area contributed by atoms with Crippen molar-refractivity contribution in [2.45, 2.75) is 38.3 Å². The average molecular weight is 234 g/mol. The summed E-state index contributed by atoms with van der Waals surface area (Å²) < 4.78 is 0. The molecule has 1 aromatic rings.